The van der Waals surface area contributed by atoms with Crippen molar-refractivity contribution in [2.45, 2.75) is 72.4 Å². The molecule has 0 amide bonds. The molecule has 0 saturated carbocycles. The van der Waals surface area contributed by atoms with Crippen molar-refractivity contribution in [2.24, 2.45) is 0 Å². The van der Waals surface area contributed by atoms with Crippen LogP contribution in [-0.4, -0.2) is 28.6 Å². The van der Waals surface area contributed by atoms with Gasteiger partial charge in [0.05, 0.1) is 6.26 Å². The lowest BCUT2D eigenvalue weighted by Gasteiger charge is -2.32. The van der Waals surface area contributed by atoms with Gasteiger partial charge in [-0.1, -0.05) is 48.9 Å². The molecule has 0 fully saturated rings. The summed E-state index contributed by atoms with van der Waals surface area (Å²) in [7, 11) is 0. The van der Waals surface area contributed by atoms with Gasteiger partial charge in [-0.2, -0.15) is 0 Å². The average Bonchev–Trinajstić information content (AvgIpc) is 2.56. The largest absolute Gasteiger partial charge is 0.515 e. The van der Waals surface area contributed by atoms with Gasteiger partial charge in [0.25, 0.3) is 0 Å². The van der Waals surface area contributed by atoms with Gasteiger partial charge in [0.2, 0.25) is 0 Å². The number of nitrogens with zero attached hydrogens (tertiary/aromatic N) is 1. The lowest BCUT2D eigenvalue weighted by molar-refractivity contribution is 0.170. The monoisotopic (exact) mass is 329 g/mol. The Morgan fingerprint density at radius 2 is 1.67 bits per heavy atom. The van der Waals surface area contributed by atoms with Gasteiger partial charge in [-0.25, -0.2) is 0 Å². The minimum atomic E-state index is 0.220. The van der Waals surface area contributed by atoms with Gasteiger partial charge in [-0.15, -0.1) is 0 Å². The molecule has 0 aliphatic heterocycles. The lowest BCUT2D eigenvalue weighted by atomic mass is 9.87. The van der Waals surface area contributed by atoms with Crippen LogP contribution in [0.4, 0.5) is 0 Å². The quantitative estimate of drug-likeness (QED) is 0.438. The van der Waals surface area contributed by atoms with Crippen LogP contribution in [0.2, 0.25) is 0 Å². The van der Waals surface area contributed by atoms with Crippen LogP contribution in [-0.2, 0) is 0 Å². The molecule has 1 rings (SSSR count). The highest BCUT2D eigenvalue weighted by molar-refractivity contribution is 5.35. The molecule has 1 aromatic carbocycles. The first kappa shape index (κ1) is 20.5. The van der Waals surface area contributed by atoms with Crippen molar-refractivity contribution in [3.8, 4) is 0 Å². The molecule has 0 heterocycles. The third-order valence-electron chi connectivity index (χ3n) is 4.73. The van der Waals surface area contributed by atoms with Crippen molar-refractivity contribution in [3.05, 3.63) is 59.4 Å². The van der Waals surface area contributed by atoms with Gasteiger partial charge < -0.3 is 5.11 Å². The summed E-state index contributed by atoms with van der Waals surface area (Å²) < 4.78 is 0. The second-order valence-corrected chi connectivity index (χ2v) is 7.15. The summed E-state index contributed by atoms with van der Waals surface area (Å²) in [5, 5.41) is 9.87. The van der Waals surface area contributed by atoms with Crippen molar-refractivity contribution >= 4 is 0 Å². The molecule has 134 valence electrons. The summed E-state index contributed by atoms with van der Waals surface area (Å²) in [4.78, 5) is 2.52. The molecule has 0 spiro atoms. The SMILES string of the molecule is CC/C(C)=C\C(=C\O)[C@H](CCN(C(C)C)C(C)C)c1ccccc1. The van der Waals surface area contributed by atoms with Crippen molar-refractivity contribution in [1.29, 1.82) is 0 Å². The Morgan fingerprint density at radius 3 is 2.12 bits per heavy atom. The lowest BCUT2D eigenvalue weighted by Crippen LogP contribution is -2.38. The van der Waals surface area contributed by atoms with Crippen LogP contribution in [0, 0.1) is 0 Å². The van der Waals surface area contributed by atoms with Crippen LogP contribution >= 0.6 is 0 Å². The Bertz CT molecular complexity index is 520. The minimum absolute atomic E-state index is 0.220. The molecule has 0 aliphatic rings. The zero-order valence-electron chi connectivity index (χ0n) is 16.3. The number of hydrogen-bond donors (Lipinski definition) is 1. The molecule has 0 saturated heterocycles. The molecule has 0 aromatic heterocycles. The van der Waals surface area contributed by atoms with E-state index in [1.807, 2.05) is 6.07 Å². The summed E-state index contributed by atoms with van der Waals surface area (Å²) in [6.45, 7) is 14.3. The van der Waals surface area contributed by atoms with E-state index in [1.54, 1.807) is 0 Å². The number of rotatable bonds is 9. The Hall–Kier alpha value is -1.54. The van der Waals surface area contributed by atoms with Gasteiger partial charge in [0, 0.05) is 18.0 Å². The fourth-order valence-corrected chi connectivity index (χ4v) is 3.22. The molecule has 0 unspecified atom stereocenters. The van der Waals surface area contributed by atoms with E-state index in [4.69, 9.17) is 0 Å². The van der Waals surface area contributed by atoms with Crippen molar-refractivity contribution in [2.75, 3.05) is 6.54 Å². The molecule has 0 radical (unpaired) electrons. The predicted octanol–water partition coefficient (Wildman–Crippen LogP) is 6.08. The standard InChI is InChI=1S/C22H35NO/c1-7-19(6)15-21(16-24)22(20-11-9-8-10-12-20)13-14-23(17(2)3)18(4)5/h8-12,15-18,22,24H,7,13-14H2,1-6H3/b19-15-,21-16-/t22-/m1/s1. The van der Waals surface area contributed by atoms with E-state index in [2.05, 4.69) is 76.8 Å². The molecular weight excluding hydrogens is 294 g/mol. The number of hydrogen-bond acceptors (Lipinski definition) is 2. The van der Waals surface area contributed by atoms with Gasteiger partial charge >= 0.3 is 0 Å². The summed E-state index contributed by atoms with van der Waals surface area (Å²) >= 11 is 0. The fourth-order valence-electron chi connectivity index (χ4n) is 3.22. The fraction of sp³-hybridized carbons (Fsp3) is 0.545. The molecule has 0 aliphatic carbocycles. The van der Waals surface area contributed by atoms with E-state index in [1.165, 1.54) is 17.4 Å². The summed E-state index contributed by atoms with van der Waals surface area (Å²) in [6, 6.07) is 11.6. The highest BCUT2D eigenvalue weighted by Gasteiger charge is 2.20. The zero-order chi connectivity index (χ0) is 18.1. The number of aliphatic hydroxyl groups excluding tert-OH is 1. The van der Waals surface area contributed by atoms with Crippen molar-refractivity contribution in [1.82, 2.24) is 4.90 Å². The van der Waals surface area contributed by atoms with Gasteiger partial charge in [-0.05, 0) is 65.1 Å². The van der Waals surface area contributed by atoms with E-state index in [0.717, 1.165) is 25.0 Å². The van der Waals surface area contributed by atoms with E-state index < -0.39 is 0 Å². The van der Waals surface area contributed by atoms with Crippen LogP contribution in [0.15, 0.2) is 53.8 Å². The van der Waals surface area contributed by atoms with Crippen molar-refractivity contribution in [3.63, 3.8) is 0 Å². The number of allylic oxidation sites excluding steroid dienone is 3. The van der Waals surface area contributed by atoms with Crippen LogP contribution in [0.5, 0.6) is 0 Å². The Balaban J connectivity index is 3.07. The highest BCUT2D eigenvalue weighted by atomic mass is 16.2. The van der Waals surface area contributed by atoms with Crippen LogP contribution < -0.4 is 0 Å². The first-order valence-electron chi connectivity index (χ1n) is 9.22. The third-order valence-corrected chi connectivity index (χ3v) is 4.73. The predicted molar refractivity (Wildman–Crippen MR) is 106 cm³/mol. The Morgan fingerprint density at radius 1 is 1.08 bits per heavy atom. The first-order chi connectivity index (χ1) is 11.4. The van der Waals surface area contributed by atoms with Crippen molar-refractivity contribution < 1.29 is 5.11 Å². The van der Waals surface area contributed by atoms with E-state index in [9.17, 15) is 5.11 Å². The Kier molecular flexibility index (Phi) is 8.84. The molecule has 2 nitrogen and oxygen atoms in total. The first-order valence-corrected chi connectivity index (χ1v) is 9.22. The molecular formula is C22H35NO. The number of benzene rings is 1. The molecule has 1 aromatic rings. The maximum atomic E-state index is 9.87. The van der Waals surface area contributed by atoms with E-state index in [0.29, 0.717) is 12.1 Å². The normalized spacial score (nSPS) is 14.7. The summed E-state index contributed by atoms with van der Waals surface area (Å²) in [5.41, 5.74) is 3.57. The summed E-state index contributed by atoms with van der Waals surface area (Å²) in [6.07, 6.45) is 5.45. The second-order valence-electron chi connectivity index (χ2n) is 7.15. The molecule has 0 bridgehead atoms. The van der Waals surface area contributed by atoms with Crippen LogP contribution in [0.3, 0.4) is 0 Å². The van der Waals surface area contributed by atoms with Gasteiger partial charge in [-0.3, -0.25) is 4.90 Å². The topological polar surface area (TPSA) is 23.5 Å². The van der Waals surface area contributed by atoms with E-state index in [-0.39, 0.29) is 5.92 Å². The smallest absolute Gasteiger partial charge is 0.0829 e. The average molecular weight is 330 g/mol. The molecule has 2 heteroatoms. The Labute approximate surface area is 148 Å². The molecule has 1 N–H and O–H groups in total. The highest BCUT2D eigenvalue weighted by Crippen LogP contribution is 2.30. The van der Waals surface area contributed by atoms with Crippen LogP contribution in [0.25, 0.3) is 0 Å². The maximum absolute atomic E-state index is 9.87. The molecule has 1 atom stereocenters. The minimum Gasteiger partial charge on any atom is -0.515 e. The zero-order valence-corrected chi connectivity index (χ0v) is 16.3. The van der Waals surface area contributed by atoms with E-state index >= 15 is 0 Å². The van der Waals surface area contributed by atoms with Gasteiger partial charge in [0.15, 0.2) is 0 Å². The third kappa shape index (κ3) is 6.16. The second kappa shape index (κ2) is 10.4. The molecule has 24 heavy (non-hydrogen) atoms. The number of aliphatic hydroxyl groups is 1. The maximum Gasteiger partial charge on any atom is 0.0829 e. The van der Waals surface area contributed by atoms with Gasteiger partial charge in [0.1, 0.15) is 0 Å². The summed E-state index contributed by atoms with van der Waals surface area (Å²) in [5.74, 6) is 0.220. The van der Waals surface area contributed by atoms with Crippen LogP contribution in [0.1, 0.15) is 65.9 Å².